The fourth-order valence-electron chi connectivity index (χ4n) is 1.54. The van der Waals surface area contributed by atoms with Crippen LogP contribution in [0.4, 0.5) is 8.78 Å². The zero-order chi connectivity index (χ0) is 14.9. The van der Waals surface area contributed by atoms with Gasteiger partial charge in [0.25, 0.3) is 0 Å². The Bertz CT molecular complexity index is 568. The lowest BCUT2D eigenvalue weighted by Crippen LogP contribution is -2.01. The molecule has 0 aliphatic rings. The number of hydrogen-bond donors (Lipinski definition) is 0. The summed E-state index contributed by atoms with van der Waals surface area (Å²) in [6.45, 7) is 0.858. The molecular formula is C16H15F2NO2. The van der Waals surface area contributed by atoms with E-state index in [9.17, 15) is 8.78 Å². The Kier molecular flexibility index (Phi) is 5.70. The van der Waals surface area contributed by atoms with Crippen LogP contribution in [0, 0.1) is 11.6 Å². The quantitative estimate of drug-likeness (QED) is 0.441. The van der Waals surface area contributed by atoms with Crippen LogP contribution in [0.2, 0.25) is 0 Å². The Hall–Kier alpha value is -2.43. The number of benzene rings is 2. The maximum Gasteiger partial charge on any atom is 0.123 e. The van der Waals surface area contributed by atoms with Gasteiger partial charge >= 0.3 is 0 Å². The Morgan fingerprint density at radius 2 is 1.48 bits per heavy atom. The van der Waals surface area contributed by atoms with Crippen LogP contribution in [-0.4, -0.2) is 19.4 Å². The molecule has 0 aliphatic heterocycles. The minimum absolute atomic E-state index is 0.286. The van der Waals surface area contributed by atoms with Crippen LogP contribution in [0.5, 0.6) is 5.75 Å². The largest absolute Gasteiger partial charge is 0.493 e. The van der Waals surface area contributed by atoms with E-state index >= 15 is 0 Å². The zero-order valence-corrected chi connectivity index (χ0v) is 11.3. The highest BCUT2D eigenvalue weighted by Gasteiger charge is 1.95. The van der Waals surface area contributed by atoms with Gasteiger partial charge in [-0.15, -0.1) is 0 Å². The third-order valence-corrected chi connectivity index (χ3v) is 2.61. The molecule has 0 N–H and O–H groups in total. The first-order chi connectivity index (χ1) is 10.2. The van der Waals surface area contributed by atoms with Crippen LogP contribution >= 0.6 is 0 Å². The lowest BCUT2D eigenvalue weighted by atomic mass is 10.2. The number of nitrogens with zero attached hydrogens (tertiary/aromatic N) is 1. The fourth-order valence-corrected chi connectivity index (χ4v) is 1.54. The molecule has 0 saturated carbocycles. The maximum atomic E-state index is 12.7. The molecule has 3 nitrogen and oxygen atoms in total. The van der Waals surface area contributed by atoms with E-state index in [1.165, 1.54) is 30.5 Å². The topological polar surface area (TPSA) is 30.8 Å². The van der Waals surface area contributed by atoms with Crippen molar-refractivity contribution in [3.8, 4) is 5.75 Å². The molecule has 0 radical (unpaired) electrons. The molecule has 0 aliphatic carbocycles. The number of rotatable bonds is 7. The summed E-state index contributed by atoms with van der Waals surface area (Å²) in [7, 11) is 0. The second kappa shape index (κ2) is 7.99. The molecular weight excluding hydrogens is 276 g/mol. The second-order valence-corrected chi connectivity index (χ2v) is 4.28. The summed E-state index contributed by atoms with van der Waals surface area (Å²) >= 11 is 0. The van der Waals surface area contributed by atoms with Gasteiger partial charge in [0.1, 0.15) is 24.0 Å². The van der Waals surface area contributed by atoms with E-state index in [-0.39, 0.29) is 11.6 Å². The van der Waals surface area contributed by atoms with Gasteiger partial charge in [-0.05, 0) is 42.0 Å². The van der Waals surface area contributed by atoms with Crippen LogP contribution in [0.25, 0.3) is 0 Å². The third kappa shape index (κ3) is 5.60. The van der Waals surface area contributed by atoms with E-state index in [1.54, 1.807) is 24.3 Å². The van der Waals surface area contributed by atoms with Crippen LogP contribution in [0.3, 0.4) is 0 Å². The van der Waals surface area contributed by atoms with E-state index in [4.69, 9.17) is 9.57 Å². The van der Waals surface area contributed by atoms with Gasteiger partial charge < -0.3 is 9.57 Å². The number of halogens is 2. The number of hydrogen-bond acceptors (Lipinski definition) is 3. The highest BCUT2D eigenvalue weighted by Crippen LogP contribution is 2.11. The lowest BCUT2D eigenvalue weighted by Gasteiger charge is -2.05. The van der Waals surface area contributed by atoms with E-state index in [2.05, 4.69) is 5.16 Å². The van der Waals surface area contributed by atoms with E-state index in [0.717, 1.165) is 5.56 Å². The van der Waals surface area contributed by atoms with Crippen LogP contribution in [0.1, 0.15) is 12.0 Å². The summed E-state index contributed by atoms with van der Waals surface area (Å²) in [6.07, 6.45) is 2.17. The average Bonchev–Trinajstić information content (AvgIpc) is 2.50. The van der Waals surface area contributed by atoms with Gasteiger partial charge in [-0.25, -0.2) is 8.78 Å². The summed E-state index contributed by atoms with van der Waals surface area (Å²) < 4.78 is 30.7. The van der Waals surface area contributed by atoms with Crippen LogP contribution < -0.4 is 4.74 Å². The summed E-state index contributed by atoms with van der Waals surface area (Å²) in [5.74, 6) is 0.0398. The molecule has 0 fully saturated rings. The maximum absolute atomic E-state index is 12.7. The van der Waals surface area contributed by atoms with Gasteiger partial charge in [0, 0.05) is 6.42 Å². The van der Waals surface area contributed by atoms with Crippen molar-refractivity contribution in [2.45, 2.75) is 6.42 Å². The lowest BCUT2D eigenvalue weighted by molar-refractivity contribution is 0.129. The molecule has 0 saturated heterocycles. The van der Waals surface area contributed by atoms with Crippen molar-refractivity contribution in [2.24, 2.45) is 5.16 Å². The van der Waals surface area contributed by atoms with E-state index in [0.29, 0.717) is 25.4 Å². The molecule has 110 valence electrons. The Balaban J connectivity index is 1.59. The minimum Gasteiger partial charge on any atom is -0.493 e. The molecule has 0 atom stereocenters. The first kappa shape index (κ1) is 15.0. The van der Waals surface area contributed by atoms with Crippen molar-refractivity contribution in [2.75, 3.05) is 13.2 Å². The van der Waals surface area contributed by atoms with Crippen molar-refractivity contribution in [3.63, 3.8) is 0 Å². The predicted molar refractivity (Wildman–Crippen MR) is 76.5 cm³/mol. The normalized spacial score (nSPS) is 10.8. The van der Waals surface area contributed by atoms with Gasteiger partial charge in [0.05, 0.1) is 12.8 Å². The second-order valence-electron chi connectivity index (χ2n) is 4.28. The Labute approximate surface area is 121 Å². The van der Waals surface area contributed by atoms with Gasteiger partial charge in [-0.2, -0.15) is 0 Å². The summed E-state index contributed by atoms with van der Waals surface area (Å²) in [5, 5.41) is 3.77. The summed E-state index contributed by atoms with van der Waals surface area (Å²) in [4.78, 5) is 5.06. The third-order valence-electron chi connectivity index (χ3n) is 2.61. The first-order valence-corrected chi connectivity index (χ1v) is 6.53. The fraction of sp³-hybridized carbons (Fsp3) is 0.188. The number of ether oxygens (including phenoxy) is 1. The van der Waals surface area contributed by atoms with Gasteiger partial charge in [-0.1, -0.05) is 17.3 Å². The molecule has 0 amide bonds. The molecule has 5 heteroatoms. The molecule has 0 unspecified atom stereocenters. The van der Waals surface area contributed by atoms with Gasteiger partial charge in [0.15, 0.2) is 0 Å². The molecule has 2 aromatic rings. The molecule has 0 spiro atoms. The van der Waals surface area contributed by atoms with Crippen LogP contribution in [0.15, 0.2) is 53.7 Å². The van der Waals surface area contributed by atoms with Crippen molar-refractivity contribution in [3.05, 3.63) is 65.7 Å². The molecule has 21 heavy (non-hydrogen) atoms. The Morgan fingerprint density at radius 1 is 0.857 bits per heavy atom. The highest BCUT2D eigenvalue weighted by atomic mass is 19.1. The van der Waals surface area contributed by atoms with E-state index in [1.807, 2.05) is 0 Å². The number of oxime groups is 1. The van der Waals surface area contributed by atoms with Crippen molar-refractivity contribution in [1.82, 2.24) is 0 Å². The monoisotopic (exact) mass is 291 g/mol. The standard InChI is InChI=1S/C16H15F2NO2/c17-14-4-2-13(3-5-14)12-19-21-11-1-10-20-16-8-6-15(18)7-9-16/h2-9,12H,1,10-11H2. The highest BCUT2D eigenvalue weighted by molar-refractivity contribution is 5.78. The molecule has 2 aromatic carbocycles. The van der Waals surface area contributed by atoms with Gasteiger partial charge in [0.2, 0.25) is 0 Å². The molecule has 0 heterocycles. The SMILES string of the molecule is Fc1ccc(C=NOCCCOc2ccc(F)cc2)cc1. The smallest absolute Gasteiger partial charge is 0.123 e. The van der Waals surface area contributed by atoms with Crippen molar-refractivity contribution < 1.29 is 18.4 Å². The Morgan fingerprint density at radius 3 is 2.14 bits per heavy atom. The minimum atomic E-state index is -0.291. The van der Waals surface area contributed by atoms with Gasteiger partial charge in [-0.3, -0.25) is 0 Å². The zero-order valence-electron chi connectivity index (χ0n) is 11.3. The predicted octanol–water partition coefficient (Wildman–Crippen LogP) is 3.78. The molecule has 2 rings (SSSR count). The summed E-state index contributed by atoms with van der Waals surface area (Å²) in [6, 6.07) is 11.8. The molecule has 0 aromatic heterocycles. The average molecular weight is 291 g/mol. The van der Waals surface area contributed by atoms with Crippen molar-refractivity contribution >= 4 is 6.21 Å². The summed E-state index contributed by atoms with van der Waals surface area (Å²) in [5.41, 5.74) is 0.763. The van der Waals surface area contributed by atoms with E-state index < -0.39 is 0 Å². The molecule has 0 bridgehead atoms. The van der Waals surface area contributed by atoms with Crippen molar-refractivity contribution in [1.29, 1.82) is 0 Å². The van der Waals surface area contributed by atoms with Crippen LogP contribution in [-0.2, 0) is 4.84 Å². The first-order valence-electron chi connectivity index (χ1n) is 6.53.